The number of cyclic esters (lactones) is 1. The van der Waals surface area contributed by atoms with Crippen LogP contribution in [0.2, 0.25) is 0 Å². The molecule has 3 amide bonds. The minimum atomic E-state index is -0.434. The number of hydrogen-bond acceptors (Lipinski definition) is 5. The van der Waals surface area contributed by atoms with E-state index in [9.17, 15) is 14.4 Å². The Morgan fingerprint density at radius 3 is 2.48 bits per heavy atom. The lowest BCUT2D eigenvalue weighted by atomic mass is 10.2. The van der Waals surface area contributed by atoms with Crippen molar-refractivity contribution in [2.75, 3.05) is 45.9 Å². The largest absolute Gasteiger partial charge is 0.448 e. The molecule has 0 spiro atoms. The Morgan fingerprint density at radius 2 is 1.84 bits per heavy atom. The molecule has 2 saturated heterocycles. The number of rotatable bonds is 4. The van der Waals surface area contributed by atoms with Crippen LogP contribution < -0.4 is 0 Å². The van der Waals surface area contributed by atoms with E-state index in [1.807, 2.05) is 12.1 Å². The van der Waals surface area contributed by atoms with Crippen molar-refractivity contribution in [1.82, 2.24) is 19.7 Å². The van der Waals surface area contributed by atoms with Gasteiger partial charge in [0.15, 0.2) is 0 Å². The van der Waals surface area contributed by atoms with E-state index in [1.54, 1.807) is 22.2 Å². The van der Waals surface area contributed by atoms with Crippen molar-refractivity contribution < 1.29 is 19.1 Å². The van der Waals surface area contributed by atoms with Crippen molar-refractivity contribution in [3.8, 4) is 0 Å². The molecule has 0 saturated carbocycles. The zero-order valence-electron chi connectivity index (χ0n) is 14.1. The summed E-state index contributed by atoms with van der Waals surface area (Å²) in [4.78, 5) is 45.2. The third-order valence-corrected chi connectivity index (χ3v) is 4.45. The molecule has 0 aromatic carbocycles. The number of hydrogen-bond donors (Lipinski definition) is 0. The first-order chi connectivity index (χ1) is 12.1. The third kappa shape index (κ3) is 4.46. The van der Waals surface area contributed by atoms with Crippen LogP contribution in [0, 0.1) is 0 Å². The van der Waals surface area contributed by atoms with E-state index in [1.165, 1.54) is 4.90 Å². The lowest BCUT2D eigenvalue weighted by Gasteiger charge is -2.23. The monoisotopic (exact) mass is 346 g/mol. The molecule has 0 radical (unpaired) electrons. The second kappa shape index (κ2) is 7.96. The number of amides is 3. The highest BCUT2D eigenvalue weighted by Crippen LogP contribution is 2.09. The predicted octanol–water partition coefficient (Wildman–Crippen LogP) is 0.137. The Labute approximate surface area is 146 Å². The second-order valence-corrected chi connectivity index (χ2v) is 6.19. The molecule has 1 aromatic heterocycles. The molecule has 2 aliphatic rings. The first-order valence-corrected chi connectivity index (χ1v) is 8.49. The molecule has 0 atom stereocenters. The van der Waals surface area contributed by atoms with E-state index in [0.29, 0.717) is 45.8 Å². The van der Waals surface area contributed by atoms with E-state index in [4.69, 9.17) is 4.74 Å². The SMILES string of the molecule is O=C(Cc1cccnc1)N1CCCN(C(=O)CN2CCOC2=O)CC1. The second-order valence-electron chi connectivity index (χ2n) is 6.19. The summed E-state index contributed by atoms with van der Waals surface area (Å²) in [6.45, 7) is 3.06. The molecule has 2 aliphatic heterocycles. The quantitative estimate of drug-likeness (QED) is 0.774. The molecule has 0 bridgehead atoms. The summed E-state index contributed by atoms with van der Waals surface area (Å²) < 4.78 is 4.84. The lowest BCUT2D eigenvalue weighted by Crippen LogP contribution is -2.43. The molecule has 1 aromatic rings. The highest BCUT2D eigenvalue weighted by Gasteiger charge is 2.28. The van der Waals surface area contributed by atoms with Gasteiger partial charge in [0.2, 0.25) is 11.8 Å². The van der Waals surface area contributed by atoms with Gasteiger partial charge in [-0.15, -0.1) is 0 Å². The Kier molecular flexibility index (Phi) is 5.47. The summed E-state index contributed by atoms with van der Waals surface area (Å²) in [5, 5.41) is 0. The van der Waals surface area contributed by atoms with Gasteiger partial charge < -0.3 is 14.5 Å². The van der Waals surface area contributed by atoms with Crippen LogP contribution in [0.15, 0.2) is 24.5 Å². The summed E-state index contributed by atoms with van der Waals surface area (Å²) in [6, 6.07) is 3.70. The van der Waals surface area contributed by atoms with Crippen molar-refractivity contribution in [2.24, 2.45) is 0 Å². The first-order valence-electron chi connectivity index (χ1n) is 8.49. The normalized spacial score (nSPS) is 18.1. The van der Waals surface area contributed by atoms with Crippen LogP contribution in [0.25, 0.3) is 0 Å². The van der Waals surface area contributed by atoms with Gasteiger partial charge >= 0.3 is 6.09 Å². The first kappa shape index (κ1) is 17.2. The van der Waals surface area contributed by atoms with Gasteiger partial charge in [0.1, 0.15) is 13.2 Å². The van der Waals surface area contributed by atoms with Crippen molar-refractivity contribution >= 4 is 17.9 Å². The van der Waals surface area contributed by atoms with Crippen LogP contribution in [-0.4, -0.2) is 83.5 Å². The topological polar surface area (TPSA) is 83.1 Å². The van der Waals surface area contributed by atoms with Crippen molar-refractivity contribution in [3.63, 3.8) is 0 Å². The van der Waals surface area contributed by atoms with E-state index < -0.39 is 6.09 Å². The van der Waals surface area contributed by atoms with Gasteiger partial charge in [0.05, 0.1) is 13.0 Å². The van der Waals surface area contributed by atoms with Gasteiger partial charge in [0, 0.05) is 38.6 Å². The average molecular weight is 346 g/mol. The van der Waals surface area contributed by atoms with Crippen LogP contribution in [0.3, 0.4) is 0 Å². The Hall–Kier alpha value is -2.64. The van der Waals surface area contributed by atoms with E-state index in [-0.39, 0.29) is 18.4 Å². The number of carbonyl (C=O) groups excluding carboxylic acids is 3. The van der Waals surface area contributed by atoms with Gasteiger partial charge in [-0.25, -0.2) is 4.79 Å². The average Bonchev–Trinajstić information content (AvgIpc) is 2.87. The van der Waals surface area contributed by atoms with Gasteiger partial charge in [-0.3, -0.25) is 19.5 Å². The van der Waals surface area contributed by atoms with Gasteiger partial charge in [0.25, 0.3) is 0 Å². The number of carbonyl (C=O) groups is 3. The summed E-state index contributed by atoms with van der Waals surface area (Å²) in [5.74, 6) is -0.0502. The summed E-state index contributed by atoms with van der Waals surface area (Å²) in [7, 11) is 0. The van der Waals surface area contributed by atoms with Crippen LogP contribution >= 0.6 is 0 Å². The lowest BCUT2D eigenvalue weighted by molar-refractivity contribution is -0.133. The number of aromatic nitrogens is 1. The molecule has 3 rings (SSSR count). The smallest absolute Gasteiger partial charge is 0.410 e. The minimum absolute atomic E-state index is 0.0441. The zero-order chi connectivity index (χ0) is 17.6. The molecule has 0 aliphatic carbocycles. The van der Waals surface area contributed by atoms with Crippen LogP contribution in [-0.2, 0) is 20.7 Å². The molecule has 0 N–H and O–H groups in total. The molecule has 3 heterocycles. The van der Waals surface area contributed by atoms with Crippen LogP contribution in [0.1, 0.15) is 12.0 Å². The highest BCUT2D eigenvalue weighted by atomic mass is 16.6. The summed E-state index contributed by atoms with van der Waals surface area (Å²) in [5.41, 5.74) is 0.886. The van der Waals surface area contributed by atoms with Gasteiger partial charge in [-0.1, -0.05) is 6.07 Å². The minimum Gasteiger partial charge on any atom is -0.448 e. The maximum atomic E-state index is 12.4. The molecule has 0 unspecified atom stereocenters. The Balaban J connectivity index is 1.50. The maximum absolute atomic E-state index is 12.4. The molecule has 134 valence electrons. The van der Waals surface area contributed by atoms with Crippen LogP contribution in [0.5, 0.6) is 0 Å². The Morgan fingerprint density at radius 1 is 1.08 bits per heavy atom. The van der Waals surface area contributed by atoms with Crippen LogP contribution in [0.4, 0.5) is 4.79 Å². The predicted molar refractivity (Wildman–Crippen MR) is 88.6 cm³/mol. The van der Waals surface area contributed by atoms with E-state index >= 15 is 0 Å². The summed E-state index contributed by atoms with van der Waals surface area (Å²) >= 11 is 0. The molecular formula is C17H22N4O4. The van der Waals surface area contributed by atoms with Crippen molar-refractivity contribution in [1.29, 1.82) is 0 Å². The summed E-state index contributed by atoms with van der Waals surface area (Å²) in [6.07, 6.45) is 3.99. The van der Waals surface area contributed by atoms with Gasteiger partial charge in [-0.05, 0) is 18.1 Å². The molecular weight excluding hydrogens is 324 g/mol. The number of pyridine rings is 1. The molecule has 25 heavy (non-hydrogen) atoms. The van der Waals surface area contributed by atoms with Gasteiger partial charge in [-0.2, -0.15) is 0 Å². The van der Waals surface area contributed by atoms with Crippen molar-refractivity contribution in [3.05, 3.63) is 30.1 Å². The molecule has 2 fully saturated rings. The zero-order valence-corrected chi connectivity index (χ0v) is 14.1. The van der Waals surface area contributed by atoms with Crippen molar-refractivity contribution in [2.45, 2.75) is 12.8 Å². The fourth-order valence-electron chi connectivity index (χ4n) is 3.04. The number of ether oxygens (including phenoxy) is 1. The molecule has 8 nitrogen and oxygen atoms in total. The third-order valence-electron chi connectivity index (χ3n) is 4.45. The fraction of sp³-hybridized carbons (Fsp3) is 0.529. The number of nitrogens with zero attached hydrogens (tertiary/aromatic N) is 4. The molecule has 8 heteroatoms. The highest BCUT2D eigenvalue weighted by molar-refractivity contribution is 5.83. The van der Waals surface area contributed by atoms with E-state index in [2.05, 4.69) is 4.98 Å². The maximum Gasteiger partial charge on any atom is 0.410 e. The Bertz CT molecular complexity index is 637. The fourth-order valence-corrected chi connectivity index (χ4v) is 3.04. The van der Waals surface area contributed by atoms with E-state index in [0.717, 1.165) is 12.0 Å². The standard InChI is InChI=1S/C17H22N4O4/c22-15(11-14-3-1-4-18-12-14)19-5-2-6-20(8-7-19)16(23)13-21-9-10-25-17(21)24/h1,3-4,12H,2,5-11,13H2.